The van der Waals surface area contributed by atoms with Gasteiger partial charge in [-0.25, -0.2) is 4.98 Å². The molecule has 5 nitrogen and oxygen atoms in total. The molecule has 2 aromatic rings. The van der Waals surface area contributed by atoms with Crippen molar-refractivity contribution in [2.45, 2.75) is 38.8 Å². The molecule has 1 aliphatic rings. The molecule has 0 N–H and O–H groups in total. The Morgan fingerprint density at radius 1 is 1.38 bits per heavy atom. The normalized spacial score (nSPS) is 18.0. The van der Waals surface area contributed by atoms with E-state index in [9.17, 15) is 4.79 Å². The summed E-state index contributed by atoms with van der Waals surface area (Å²) in [6, 6.07) is 7.72. The first-order chi connectivity index (χ1) is 11.5. The van der Waals surface area contributed by atoms with Gasteiger partial charge in [0, 0.05) is 18.8 Å². The number of imidazole rings is 1. The Morgan fingerprint density at radius 3 is 2.88 bits per heavy atom. The number of rotatable bonds is 4. The lowest BCUT2D eigenvalue weighted by Gasteiger charge is -2.32. The van der Waals surface area contributed by atoms with E-state index in [1.165, 1.54) is 0 Å². The molecule has 2 heterocycles. The highest BCUT2D eigenvalue weighted by Crippen LogP contribution is 2.26. The monoisotopic (exact) mass is 347 g/mol. The third-order valence-electron chi connectivity index (χ3n) is 4.21. The van der Waals surface area contributed by atoms with Gasteiger partial charge in [0.1, 0.15) is 17.5 Å². The Morgan fingerprint density at radius 2 is 2.17 bits per heavy atom. The van der Waals surface area contributed by atoms with Crippen LogP contribution >= 0.6 is 11.6 Å². The molecular weight excluding hydrogens is 326 g/mol. The number of amides is 1. The summed E-state index contributed by atoms with van der Waals surface area (Å²) in [5.41, 5.74) is 0.488. The first-order valence-electron chi connectivity index (χ1n) is 8.28. The summed E-state index contributed by atoms with van der Waals surface area (Å²) >= 11 is 6.15. The molecule has 1 fully saturated rings. The lowest BCUT2D eigenvalue weighted by molar-refractivity contribution is 0.0533. The van der Waals surface area contributed by atoms with Crippen molar-refractivity contribution in [2.24, 2.45) is 0 Å². The topological polar surface area (TPSA) is 47.4 Å². The molecule has 128 valence electrons. The molecule has 0 radical (unpaired) electrons. The standard InChI is InChI=1S/C18H22ClN3O2/c1-13(2)22-11-16(20-12-22)18(23)21-9-5-6-14(10-21)24-17-8-4-3-7-15(17)19/h3-4,7-8,11-14H,5-6,9-10H2,1-2H3/t14-/m1/s1. The molecule has 6 heteroatoms. The Balaban J connectivity index is 1.66. The van der Waals surface area contributed by atoms with Crippen LogP contribution in [0.1, 0.15) is 43.2 Å². The van der Waals surface area contributed by atoms with Crippen LogP contribution in [0.3, 0.4) is 0 Å². The average molecular weight is 348 g/mol. The number of para-hydroxylation sites is 1. The number of benzene rings is 1. The zero-order valence-electron chi connectivity index (χ0n) is 14.0. The highest BCUT2D eigenvalue weighted by Gasteiger charge is 2.27. The lowest BCUT2D eigenvalue weighted by Crippen LogP contribution is -2.44. The van der Waals surface area contributed by atoms with E-state index in [1.54, 1.807) is 12.4 Å². The summed E-state index contributed by atoms with van der Waals surface area (Å²) in [4.78, 5) is 18.7. The maximum absolute atomic E-state index is 12.7. The third kappa shape index (κ3) is 3.73. The third-order valence-corrected chi connectivity index (χ3v) is 4.52. The first kappa shape index (κ1) is 16.8. The molecule has 1 aliphatic heterocycles. The first-order valence-corrected chi connectivity index (χ1v) is 8.66. The van der Waals surface area contributed by atoms with Crippen LogP contribution in [0.4, 0.5) is 0 Å². The van der Waals surface area contributed by atoms with E-state index < -0.39 is 0 Å². The van der Waals surface area contributed by atoms with E-state index in [2.05, 4.69) is 18.8 Å². The van der Waals surface area contributed by atoms with Gasteiger partial charge in [-0.15, -0.1) is 0 Å². The fraction of sp³-hybridized carbons (Fsp3) is 0.444. The number of halogens is 1. The molecule has 24 heavy (non-hydrogen) atoms. The van der Waals surface area contributed by atoms with Crippen LogP contribution < -0.4 is 4.74 Å². The van der Waals surface area contributed by atoms with Crippen molar-refractivity contribution in [3.05, 3.63) is 47.5 Å². The summed E-state index contributed by atoms with van der Waals surface area (Å²) in [7, 11) is 0. The summed E-state index contributed by atoms with van der Waals surface area (Å²) in [5, 5.41) is 0.594. The number of likely N-dealkylation sites (tertiary alicyclic amines) is 1. The van der Waals surface area contributed by atoms with Crippen molar-refractivity contribution >= 4 is 17.5 Å². The Hall–Kier alpha value is -2.01. The summed E-state index contributed by atoms with van der Waals surface area (Å²) in [6.07, 6.45) is 5.29. The summed E-state index contributed by atoms with van der Waals surface area (Å²) in [6.45, 7) is 5.41. The molecule has 0 spiro atoms. The number of piperidine rings is 1. The van der Waals surface area contributed by atoms with Crippen LogP contribution in [0.2, 0.25) is 5.02 Å². The van der Waals surface area contributed by atoms with Crippen molar-refractivity contribution < 1.29 is 9.53 Å². The smallest absolute Gasteiger partial charge is 0.274 e. The van der Waals surface area contributed by atoms with E-state index in [4.69, 9.17) is 16.3 Å². The fourth-order valence-corrected chi connectivity index (χ4v) is 3.01. The van der Waals surface area contributed by atoms with Crippen molar-refractivity contribution in [1.29, 1.82) is 0 Å². The minimum Gasteiger partial charge on any atom is -0.487 e. The van der Waals surface area contributed by atoms with Gasteiger partial charge in [0.05, 0.1) is 17.9 Å². The average Bonchev–Trinajstić information content (AvgIpc) is 3.07. The molecular formula is C18H22ClN3O2. The predicted octanol–water partition coefficient (Wildman–Crippen LogP) is 3.80. The molecule has 3 rings (SSSR count). The van der Waals surface area contributed by atoms with Gasteiger partial charge in [-0.2, -0.15) is 0 Å². The van der Waals surface area contributed by atoms with E-state index in [0.29, 0.717) is 23.0 Å². The van der Waals surface area contributed by atoms with Gasteiger partial charge in [0.15, 0.2) is 0 Å². The largest absolute Gasteiger partial charge is 0.487 e. The van der Waals surface area contributed by atoms with Crippen LogP contribution in [0.15, 0.2) is 36.8 Å². The van der Waals surface area contributed by atoms with Crippen LogP contribution in [-0.2, 0) is 0 Å². The van der Waals surface area contributed by atoms with E-state index in [0.717, 1.165) is 19.4 Å². The second-order valence-electron chi connectivity index (χ2n) is 6.36. The number of hydrogen-bond donors (Lipinski definition) is 0. The number of hydrogen-bond acceptors (Lipinski definition) is 3. The minimum absolute atomic E-state index is 0.0399. The van der Waals surface area contributed by atoms with Crippen LogP contribution in [0.25, 0.3) is 0 Å². The van der Waals surface area contributed by atoms with Crippen molar-refractivity contribution in [2.75, 3.05) is 13.1 Å². The summed E-state index contributed by atoms with van der Waals surface area (Å²) in [5.74, 6) is 0.629. The molecule has 1 atom stereocenters. The molecule has 0 unspecified atom stereocenters. The van der Waals surface area contributed by atoms with Crippen LogP contribution in [-0.4, -0.2) is 39.6 Å². The molecule has 0 saturated carbocycles. The van der Waals surface area contributed by atoms with Crippen LogP contribution in [0.5, 0.6) is 5.75 Å². The molecule has 1 amide bonds. The van der Waals surface area contributed by atoms with Gasteiger partial charge in [0.25, 0.3) is 5.91 Å². The number of nitrogens with zero attached hydrogens (tertiary/aromatic N) is 3. The van der Waals surface area contributed by atoms with E-state index >= 15 is 0 Å². The Kier molecular flexibility index (Phi) is 5.09. The van der Waals surface area contributed by atoms with Crippen molar-refractivity contribution in [3.8, 4) is 5.75 Å². The summed E-state index contributed by atoms with van der Waals surface area (Å²) < 4.78 is 7.93. The van der Waals surface area contributed by atoms with Gasteiger partial charge in [0.2, 0.25) is 0 Å². The SMILES string of the molecule is CC(C)n1cnc(C(=O)N2CCC[C@@H](Oc3ccccc3Cl)C2)c1. The number of ether oxygens (including phenoxy) is 1. The maximum atomic E-state index is 12.7. The van der Waals surface area contributed by atoms with Crippen LogP contribution in [0, 0.1) is 0 Å². The second kappa shape index (κ2) is 7.26. The predicted molar refractivity (Wildman–Crippen MR) is 93.6 cm³/mol. The van der Waals surface area contributed by atoms with Gasteiger partial charge in [-0.05, 0) is 38.8 Å². The van der Waals surface area contributed by atoms with Gasteiger partial charge in [-0.3, -0.25) is 4.79 Å². The van der Waals surface area contributed by atoms with Gasteiger partial charge >= 0.3 is 0 Å². The Bertz CT molecular complexity index is 714. The van der Waals surface area contributed by atoms with Gasteiger partial charge in [-0.1, -0.05) is 23.7 Å². The quantitative estimate of drug-likeness (QED) is 0.845. The highest BCUT2D eigenvalue weighted by atomic mass is 35.5. The molecule has 1 aromatic carbocycles. The number of carbonyl (C=O) groups excluding carboxylic acids is 1. The minimum atomic E-state index is -0.0465. The highest BCUT2D eigenvalue weighted by molar-refractivity contribution is 6.32. The number of carbonyl (C=O) groups is 1. The molecule has 1 aromatic heterocycles. The van der Waals surface area contributed by atoms with E-state index in [-0.39, 0.29) is 18.1 Å². The fourth-order valence-electron chi connectivity index (χ4n) is 2.83. The lowest BCUT2D eigenvalue weighted by atomic mass is 10.1. The zero-order valence-corrected chi connectivity index (χ0v) is 14.7. The molecule has 0 aliphatic carbocycles. The maximum Gasteiger partial charge on any atom is 0.274 e. The van der Waals surface area contributed by atoms with Gasteiger partial charge < -0.3 is 14.2 Å². The Labute approximate surface area is 147 Å². The second-order valence-corrected chi connectivity index (χ2v) is 6.77. The zero-order chi connectivity index (χ0) is 17.1. The molecule has 0 bridgehead atoms. The van der Waals surface area contributed by atoms with Crippen molar-refractivity contribution in [3.63, 3.8) is 0 Å². The molecule has 1 saturated heterocycles. The van der Waals surface area contributed by atoms with Crippen molar-refractivity contribution in [1.82, 2.24) is 14.5 Å². The number of aromatic nitrogens is 2. The van der Waals surface area contributed by atoms with E-state index in [1.807, 2.05) is 33.9 Å².